The average molecular weight is 287 g/mol. The summed E-state index contributed by atoms with van der Waals surface area (Å²) in [5, 5.41) is 11.7. The van der Waals surface area contributed by atoms with Gasteiger partial charge in [0.15, 0.2) is 0 Å². The first-order chi connectivity index (χ1) is 10.2. The normalized spacial score (nSPS) is 17.7. The van der Waals surface area contributed by atoms with Crippen molar-refractivity contribution in [2.24, 2.45) is 0 Å². The van der Waals surface area contributed by atoms with E-state index in [1.54, 1.807) is 6.07 Å². The number of carbonyl (C=O) groups excluding carboxylic acids is 1. The molecule has 1 aliphatic heterocycles. The van der Waals surface area contributed by atoms with Crippen molar-refractivity contribution in [1.29, 1.82) is 0 Å². The lowest BCUT2D eigenvalue weighted by atomic mass is 10.1. The second kappa shape index (κ2) is 7.82. The van der Waals surface area contributed by atoms with E-state index in [0.717, 1.165) is 37.0 Å². The van der Waals surface area contributed by atoms with Gasteiger partial charge < -0.3 is 15.2 Å². The van der Waals surface area contributed by atoms with Gasteiger partial charge in [-0.1, -0.05) is 11.8 Å². The van der Waals surface area contributed by atoms with Gasteiger partial charge in [0, 0.05) is 24.3 Å². The highest BCUT2D eigenvalue weighted by Gasteiger charge is 2.15. The third-order valence-electron chi connectivity index (χ3n) is 3.42. The maximum atomic E-state index is 12.2. The molecular formula is C17H21NO3. The molecule has 1 aromatic carbocycles. The Labute approximate surface area is 125 Å². The maximum absolute atomic E-state index is 12.2. The van der Waals surface area contributed by atoms with E-state index in [9.17, 15) is 4.79 Å². The highest BCUT2D eigenvalue weighted by atomic mass is 16.5. The Morgan fingerprint density at radius 2 is 2.29 bits per heavy atom. The van der Waals surface area contributed by atoms with Gasteiger partial charge in [-0.15, -0.1) is 0 Å². The molecule has 0 aliphatic carbocycles. The summed E-state index contributed by atoms with van der Waals surface area (Å²) in [5.41, 5.74) is 2.30. The molecule has 1 fully saturated rings. The van der Waals surface area contributed by atoms with E-state index in [1.807, 2.05) is 19.1 Å². The minimum atomic E-state index is -0.186. The van der Waals surface area contributed by atoms with Gasteiger partial charge in [-0.25, -0.2) is 0 Å². The molecule has 2 N–H and O–H groups in total. The summed E-state index contributed by atoms with van der Waals surface area (Å²) in [6.45, 7) is 3.07. The van der Waals surface area contributed by atoms with Crippen LogP contribution in [0.5, 0.6) is 0 Å². The number of aliphatic hydroxyl groups excluding tert-OH is 1. The summed E-state index contributed by atoms with van der Waals surface area (Å²) in [4.78, 5) is 12.2. The van der Waals surface area contributed by atoms with Gasteiger partial charge in [0.2, 0.25) is 0 Å². The molecule has 1 atom stereocenters. The van der Waals surface area contributed by atoms with Crippen LogP contribution in [0, 0.1) is 18.8 Å². The van der Waals surface area contributed by atoms with Crippen LogP contribution in [0.25, 0.3) is 0 Å². The van der Waals surface area contributed by atoms with Crippen molar-refractivity contribution in [3.05, 3.63) is 34.9 Å². The van der Waals surface area contributed by atoms with Gasteiger partial charge in [0.05, 0.1) is 6.10 Å². The topological polar surface area (TPSA) is 58.6 Å². The monoisotopic (exact) mass is 287 g/mol. The van der Waals surface area contributed by atoms with Crippen LogP contribution in [-0.4, -0.2) is 36.9 Å². The molecule has 0 aromatic heterocycles. The smallest absolute Gasteiger partial charge is 0.251 e. The summed E-state index contributed by atoms with van der Waals surface area (Å²) in [6, 6.07) is 5.47. The summed E-state index contributed by atoms with van der Waals surface area (Å²) in [7, 11) is 0. The van der Waals surface area contributed by atoms with E-state index in [-0.39, 0.29) is 18.6 Å². The van der Waals surface area contributed by atoms with E-state index < -0.39 is 0 Å². The second-order valence-electron chi connectivity index (χ2n) is 5.25. The Hall–Kier alpha value is -1.83. The van der Waals surface area contributed by atoms with Crippen LogP contribution in [0.1, 0.15) is 40.7 Å². The molecule has 0 bridgehead atoms. The summed E-state index contributed by atoms with van der Waals surface area (Å²) in [6.07, 6.45) is 3.39. The second-order valence-corrected chi connectivity index (χ2v) is 5.25. The maximum Gasteiger partial charge on any atom is 0.251 e. The number of ether oxygens (including phenoxy) is 1. The van der Waals surface area contributed by atoms with Crippen molar-refractivity contribution < 1.29 is 14.6 Å². The van der Waals surface area contributed by atoms with E-state index in [0.29, 0.717) is 12.1 Å². The fourth-order valence-electron chi connectivity index (χ4n) is 2.40. The Kier molecular flexibility index (Phi) is 5.79. The van der Waals surface area contributed by atoms with E-state index in [4.69, 9.17) is 9.84 Å². The van der Waals surface area contributed by atoms with Gasteiger partial charge >= 0.3 is 0 Å². The van der Waals surface area contributed by atoms with Gasteiger partial charge in [-0.05, 0) is 49.9 Å². The molecule has 1 saturated heterocycles. The van der Waals surface area contributed by atoms with Crippen molar-refractivity contribution in [2.75, 3.05) is 19.8 Å². The number of benzene rings is 1. The van der Waals surface area contributed by atoms with Crippen molar-refractivity contribution >= 4 is 5.91 Å². The summed E-state index contributed by atoms with van der Waals surface area (Å²) in [5.74, 6) is 5.32. The Balaban J connectivity index is 1.99. The predicted molar refractivity (Wildman–Crippen MR) is 81.1 cm³/mol. The van der Waals surface area contributed by atoms with Gasteiger partial charge in [0.25, 0.3) is 5.91 Å². The van der Waals surface area contributed by atoms with Gasteiger partial charge in [-0.3, -0.25) is 4.79 Å². The first-order valence-electron chi connectivity index (χ1n) is 7.30. The predicted octanol–water partition coefficient (Wildman–Crippen LogP) is 1.64. The molecule has 1 aromatic rings. The van der Waals surface area contributed by atoms with Gasteiger partial charge in [-0.2, -0.15) is 0 Å². The minimum absolute atomic E-state index is 0.111. The van der Waals surface area contributed by atoms with Crippen LogP contribution < -0.4 is 5.32 Å². The number of hydrogen-bond donors (Lipinski definition) is 2. The molecule has 0 saturated carbocycles. The first kappa shape index (κ1) is 15.6. The van der Waals surface area contributed by atoms with Crippen LogP contribution in [0.15, 0.2) is 18.2 Å². The van der Waals surface area contributed by atoms with Crippen LogP contribution in [0.2, 0.25) is 0 Å². The molecule has 112 valence electrons. The summed E-state index contributed by atoms with van der Waals surface area (Å²) >= 11 is 0. The minimum Gasteiger partial charge on any atom is -0.384 e. The molecule has 21 heavy (non-hydrogen) atoms. The van der Waals surface area contributed by atoms with Crippen molar-refractivity contribution in [3.8, 4) is 11.8 Å². The number of hydrogen-bond acceptors (Lipinski definition) is 3. The van der Waals surface area contributed by atoms with Crippen molar-refractivity contribution in [1.82, 2.24) is 5.32 Å². The molecule has 1 unspecified atom stereocenters. The summed E-state index contributed by atoms with van der Waals surface area (Å²) < 4.78 is 5.60. The molecule has 1 heterocycles. The van der Waals surface area contributed by atoms with E-state index >= 15 is 0 Å². The molecule has 0 spiro atoms. The largest absolute Gasteiger partial charge is 0.384 e. The molecule has 1 aliphatic rings. The number of aryl methyl sites for hydroxylation is 1. The number of rotatable bonds is 3. The average Bonchev–Trinajstić information content (AvgIpc) is 2.51. The molecule has 1 amide bonds. The van der Waals surface area contributed by atoms with Gasteiger partial charge in [0.1, 0.15) is 6.61 Å². The van der Waals surface area contributed by atoms with E-state index in [1.165, 1.54) is 0 Å². The molecular weight excluding hydrogens is 266 g/mol. The zero-order chi connectivity index (χ0) is 15.1. The third-order valence-corrected chi connectivity index (χ3v) is 3.42. The molecule has 2 rings (SSSR count). The Morgan fingerprint density at radius 1 is 1.43 bits per heavy atom. The molecule has 0 radical (unpaired) electrons. The first-order valence-corrected chi connectivity index (χ1v) is 7.30. The van der Waals surface area contributed by atoms with E-state index in [2.05, 4.69) is 17.2 Å². The lowest BCUT2D eigenvalue weighted by molar-refractivity contribution is 0.0169. The molecule has 4 nitrogen and oxygen atoms in total. The van der Waals surface area contributed by atoms with Crippen molar-refractivity contribution in [2.45, 2.75) is 32.3 Å². The fraction of sp³-hybridized carbons (Fsp3) is 0.471. The van der Waals surface area contributed by atoms with Crippen molar-refractivity contribution in [3.63, 3.8) is 0 Å². The number of carbonyl (C=O) groups is 1. The number of aliphatic hydroxyl groups is 1. The highest BCUT2D eigenvalue weighted by Crippen LogP contribution is 2.13. The zero-order valence-corrected chi connectivity index (χ0v) is 12.3. The lowest BCUT2D eigenvalue weighted by Crippen LogP contribution is -2.35. The van der Waals surface area contributed by atoms with Crippen LogP contribution in [0.4, 0.5) is 0 Å². The van der Waals surface area contributed by atoms with Crippen LogP contribution >= 0.6 is 0 Å². The number of amides is 1. The quantitative estimate of drug-likeness (QED) is 0.831. The van der Waals surface area contributed by atoms with Crippen LogP contribution in [-0.2, 0) is 4.74 Å². The van der Waals surface area contributed by atoms with Crippen LogP contribution in [0.3, 0.4) is 0 Å². The molecule has 4 heteroatoms. The SMILES string of the molecule is Cc1cc(C#CCO)cc(C(=O)NCC2CCCCO2)c1. The fourth-order valence-corrected chi connectivity index (χ4v) is 2.40. The Bertz CT molecular complexity index is 551. The highest BCUT2D eigenvalue weighted by molar-refractivity contribution is 5.94. The standard InChI is InChI=1S/C17H21NO3/c1-13-9-14(5-4-7-19)11-15(10-13)17(20)18-12-16-6-2-3-8-21-16/h9-11,16,19H,2-3,6-8,12H2,1H3,(H,18,20). The zero-order valence-electron chi connectivity index (χ0n) is 12.3. The number of nitrogens with one attached hydrogen (secondary N) is 1. The third kappa shape index (κ3) is 4.89. The lowest BCUT2D eigenvalue weighted by Gasteiger charge is -2.22. The Morgan fingerprint density at radius 3 is 3.00 bits per heavy atom.